The maximum absolute atomic E-state index is 9.37. The van der Waals surface area contributed by atoms with Gasteiger partial charge in [0.05, 0.1) is 0 Å². The summed E-state index contributed by atoms with van der Waals surface area (Å²) < 4.78 is 0. The minimum absolute atomic E-state index is 0. The van der Waals surface area contributed by atoms with Crippen molar-refractivity contribution in [1.82, 2.24) is 0 Å². The van der Waals surface area contributed by atoms with Gasteiger partial charge >= 0.3 is 130 Å². The van der Waals surface area contributed by atoms with Crippen molar-refractivity contribution in [2.75, 3.05) is 0 Å². The number of aliphatic carboxylic acids is 2. The van der Waals surface area contributed by atoms with Crippen LogP contribution in [0.2, 0.25) is 0 Å². The summed E-state index contributed by atoms with van der Waals surface area (Å²) in [6.45, 7) is 0. The first-order valence-corrected chi connectivity index (χ1v) is 1.43. The van der Waals surface area contributed by atoms with E-state index < -0.39 is 11.9 Å². The van der Waals surface area contributed by atoms with Gasteiger partial charge in [-0.1, -0.05) is 0 Å². The van der Waals surface area contributed by atoms with Crippen LogP contribution < -0.4 is 0 Å². The molecule has 4 nitrogen and oxygen atoms in total. The van der Waals surface area contributed by atoms with Crippen LogP contribution in [0.4, 0.5) is 0 Å². The molecule has 0 aromatic rings. The zero-order chi connectivity index (χ0) is 5.86. The Morgan fingerprint density at radius 2 is 1.00 bits per heavy atom. The molecule has 0 saturated heterocycles. The first-order chi connectivity index (χ1) is 3.13. The van der Waals surface area contributed by atoms with Crippen LogP contribution in [0.3, 0.4) is 0 Å². The SMILES string of the molecule is O=C(O)[CH]C(=O)O.[NaH].[NaH].[NaH].[NaH]. The molecular weight excluding hydrogens is 192 g/mol. The van der Waals surface area contributed by atoms with Crippen LogP contribution in [0.5, 0.6) is 0 Å². The first-order valence-electron chi connectivity index (χ1n) is 1.43. The molecule has 0 aliphatic carbocycles. The molecule has 0 unspecified atom stereocenters. The quantitative estimate of drug-likeness (QED) is 0.362. The van der Waals surface area contributed by atoms with E-state index in [2.05, 4.69) is 0 Å². The Kier molecular flexibility index (Phi) is 49.6. The third-order valence-electron chi connectivity index (χ3n) is 0.247. The predicted molar refractivity (Wildman–Crippen MR) is 48.2 cm³/mol. The summed E-state index contributed by atoms with van der Waals surface area (Å²) in [5.74, 6) is -2.87. The molecule has 0 spiro atoms. The van der Waals surface area contributed by atoms with E-state index >= 15 is 0 Å². The van der Waals surface area contributed by atoms with Crippen LogP contribution >= 0.6 is 0 Å². The van der Waals surface area contributed by atoms with Gasteiger partial charge in [-0.05, 0) is 0 Å². The topological polar surface area (TPSA) is 74.6 Å². The van der Waals surface area contributed by atoms with E-state index in [1.54, 1.807) is 0 Å². The van der Waals surface area contributed by atoms with Gasteiger partial charge in [-0.25, -0.2) is 0 Å². The Bertz CT molecular complexity index is 93.5. The Morgan fingerprint density at radius 3 is 1.00 bits per heavy atom. The second-order valence-corrected chi connectivity index (χ2v) is 0.821. The van der Waals surface area contributed by atoms with E-state index in [1.165, 1.54) is 0 Å². The van der Waals surface area contributed by atoms with Gasteiger partial charge in [0.2, 0.25) is 0 Å². The molecule has 1 radical (unpaired) electrons. The minimum atomic E-state index is -1.44. The van der Waals surface area contributed by atoms with Gasteiger partial charge in [0, 0.05) is 0 Å². The standard InChI is InChI=1S/C3H3O4.4Na.4H/c4-2(5)1-3(6)7;;;;;;;;/h1H,(H,4,5)(H,6,7);;;;;;;;. The van der Waals surface area contributed by atoms with Crippen LogP contribution in [-0.4, -0.2) is 140 Å². The molecular formula is C3H7Na4O4. The molecule has 0 aromatic heterocycles. The van der Waals surface area contributed by atoms with E-state index in [0.29, 0.717) is 0 Å². The Balaban J connectivity index is -0.0000000300. The monoisotopic (exact) mass is 199 g/mol. The van der Waals surface area contributed by atoms with Crippen LogP contribution in [0.15, 0.2) is 0 Å². The molecule has 0 atom stereocenters. The third kappa shape index (κ3) is 32.2. The van der Waals surface area contributed by atoms with E-state index in [9.17, 15) is 9.59 Å². The van der Waals surface area contributed by atoms with E-state index in [-0.39, 0.29) is 125 Å². The van der Waals surface area contributed by atoms with Crippen molar-refractivity contribution in [3.8, 4) is 0 Å². The Hall–Kier alpha value is 2.94. The molecule has 0 aromatic carbocycles. The average molecular weight is 199 g/mol. The summed E-state index contributed by atoms with van der Waals surface area (Å²) in [7, 11) is 0. The van der Waals surface area contributed by atoms with Crippen molar-refractivity contribution in [3.05, 3.63) is 6.42 Å². The number of carboxylic acids is 2. The van der Waals surface area contributed by atoms with Gasteiger partial charge in [0.15, 0.2) is 6.42 Å². The molecule has 11 heavy (non-hydrogen) atoms. The number of rotatable bonds is 2. The molecule has 0 aliphatic heterocycles. The van der Waals surface area contributed by atoms with Crippen LogP contribution in [0, 0.1) is 6.42 Å². The molecule has 8 heteroatoms. The zero-order valence-electron chi connectivity index (χ0n) is 3.29. The molecule has 0 fully saturated rings. The zero-order valence-corrected chi connectivity index (χ0v) is 3.29. The number of carboxylic acid groups (broad SMARTS) is 2. The first kappa shape index (κ1) is 29.2. The fourth-order valence-electron chi connectivity index (χ4n) is 0.106. The van der Waals surface area contributed by atoms with Crippen LogP contribution in [0.1, 0.15) is 0 Å². The summed E-state index contributed by atoms with van der Waals surface area (Å²) in [5.41, 5.74) is 0. The summed E-state index contributed by atoms with van der Waals surface area (Å²) in [4.78, 5) is 18.7. The second kappa shape index (κ2) is 18.7. The number of hydrogen-bond acceptors (Lipinski definition) is 2. The summed E-state index contributed by atoms with van der Waals surface area (Å²) in [6, 6.07) is 0. The molecule has 0 rings (SSSR count). The van der Waals surface area contributed by atoms with Crippen LogP contribution in [0.25, 0.3) is 0 Å². The number of hydrogen-bond donors (Lipinski definition) is 2. The molecule has 0 saturated carbocycles. The molecule has 47 valence electrons. The van der Waals surface area contributed by atoms with Crippen molar-refractivity contribution in [3.63, 3.8) is 0 Å². The molecule has 0 heterocycles. The third-order valence-corrected chi connectivity index (χ3v) is 0.247. The predicted octanol–water partition coefficient (Wildman–Crippen LogP) is -3.23. The van der Waals surface area contributed by atoms with Gasteiger partial charge in [-0.15, -0.1) is 0 Å². The Morgan fingerprint density at radius 1 is 0.818 bits per heavy atom. The number of carbonyl (C=O) groups is 2. The van der Waals surface area contributed by atoms with Crippen molar-refractivity contribution < 1.29 is 19.8 Å². The summed E-state index contributed by atoms with van der Waals surface area (Å²) in [6.07, 6.45) is 0.167. The van der Waals surface area contributed by atoms with E-state index in [1.807, 2.05) is 0 Å². The molecule has 0 amide bonds. The normalized spacial score (nSPS) is 5.09. The molecule has 2 N–H and O–H groups in total. The van der Waals surface area contributed by atoms with Crippen LogP contribution in [-0.2, 0) is 9.59 Å². The second-order valence-electron chi connectivity index (χ2n) is 0.821. The van der Waals surface area contributed by atoms with E-state index in [4.69, 9.17) is 10.2 Å². The van der Waals surface area contributed by atoms with Gasteiger partial charge in [-0.3, -0.25) is 9.59 Å². The van der Waals surface area contributed by atoms with Gasteiger partial charge in [0.1, 0.15) is 0 Å². The van der Waals surface area contributed by atoms with Crippen molar-refractivity contribution >= 4 is 130 Å². The maximum atomic E-state index is 9.37. The summed E-state index contributed by atoms with van der Waals surface area (Å²) >= 11 is 0. The Labute approximate surface area is 153 Å². The van der Waals surface area contributed by atoms with Gasteiger partial charge < -0.3 is 10.2 Å². The average Bonchev–Trinajstić information content (AvgIpc) is 1.27. The molecule has 0 bridgehead atoms. The fourth-order valence-corrected chi connectivity index (χ4v) is 0.106. The van der Waals surface area contributed by atoms with Crippen molar-refractivity contribution in [2.24, 2.45) is 0 Å². The van der Waals surface area contributed by atoms with E-state index in [0.717, 1.165) is 0 Å². The summed E-state index contributed by atoms with van der Waals surface area (Å²) in [5, 5.41) is 15.3. The van der Waals surface area contributed by atoms with Gasteiger partial charge in [0.25, 0.3) is 0 Å². The molecule has 0 aliphatic rings. The van der Waals surface area contributed by atoms with Crippen molar-refractivity contribution in [2.45, 2.75) is 0 Å². The van der Waals surface area contributed by atoms with Crippen molar-refractivity contribution in [1.29, 1.82) is 0 Å². The fraction of sp³-hybridized carbons (Fsp3) is 0. The van der Waals surface area contributed by atoms with Gasteiger partial charge in [-0.2, -0.15) is 0 Å².